The first kappa shape index (κ1) is 15.9. The van der Waals surface area contributed by atoms with Crippen molar-refractivity contribution in [3.63, 3.8) is 0 Å². The zero-order valence-electron chi connectivity index (χ0n) is 11.6. The van der Waals surface area contributed by atoms with Gasteiger partial charge in [-0.25, -0.2) is 8.42 Å². The lowest BCUT2D eigenvalue weighted by atomic mass is 10.2. The van der Waals surface area contributed by atoms with Gasteiger partial charge in [0.25, 0.3) is 0 Å². The molecule has 1 aliphatic heterocycles. The quantitative estimate of drug-likeness (QED) is 0.691. The first-order chi connectivity index (χ1) is 8.29. The summed E-state index contributed by atoms with van der Waals surface area (Å²) in [7, 11) is -2.79. The van der Waals surface area contributed by atoms with Gasteiger partial charge in [0.2, 0.25) is 0 Å². The molecule has 5 nitrogen and oxygen atoms in total. The fourth-order valence-corrected chi connectivity index (χ4v) is 3.51. The van der Waals surface area contributed by atoms with Gasteiger partial charge < -0.3 is 14.8 Å². The van der Waals surface area contributed by atoms with Crippen LogP contribution in [-0.4, -0.2) is 57.9 Å². The minimum absolute atomic E-state index is 0.101. The van der Waals surface area contributed by atoms with E-state index < -0.39 is 9.84 Å². The van der Waals surface area contributed by atoms with Crippen molar-refractivity contribution in [2.75, 3.05) is 37.9 Å². The van der Waals surface area contributed by atoms with Crippen LogP contribution >= 0.6 is 0 Å². The molecule has 1 fully saturated rings. The van der Waals surface area contributed by atoms with Gasteiger partial charge in [0.15, 0.2) is 9.84 Å². The lowest BCUT2D eigenvalue weighted by molar-refractivity contribution is -0.0344. The third-order valence-corrected chi connectivity index (χ3v) is 4.44. The number of hydrogen-bond donors (Lipinski definition) is 1. The molecule has 0 aromatic heterocycles. The Morgan fingerprint density at radius 1 is 1.22 bits per heavy atom. The highest BCUT2D eigenvalue weighted by Gasteiger charge is 2.26. The summed E-state index contributed by atoms with van der Waals surface area (Å²) in [6.45, 7) is 8.46. The normalized spacial score (nSPS) is 23.4. The second-order valence-electron chi connectivity index (χ2n) is 5.63. The van der Waals surface area contributed by atoms with E-state index in [0.717, 1.165) is 6.42 Å². The maximum atomic E-state index is 11.2. The van der Waals surface area contributed by atoms with Crippen molar-refractivity contribution in [1.82, 2.24) is 5.32 Å². The van der Waals surface area contributed by atoms with Gasteiger partial charge in [-0.3, -0.25) is 0 Å². The van der Waals surface area contributed by atoms with Crippen molar-refractivity contribution in [1.29, 1.82) is 0 Å². The first-order valence-corrected chi connectivity index (χ1v) is 8.26. The van der Waals surface area contributed by atoms with Gasteiger partial charge in [-0.2, -0.15) is 0 Å². The topological polar surface area (TPSA) is 64.6 Å². The van der Waals surface area contributed by atoms with Gasteiger partial charge in [0, 0.05) is 12.6 Å². The Morgan fingerprint density at radius 3 is 2.50 bits per heavy atom. The molecule has 1 heterocycles. The summed E-state index contributed by atoms with van der Waals surface area (Å²) in [4.78, 5) is 0. The standard InChI is InChI=1S/C12H25NO4S/c1-12(2,3)17-8-7-16-6-5-13-11-4-9-18(14,15)10-11/h11,13H,4-10H2,1-3H3. The van der Waals surface area contributed by atoms with E-state index in [0.29, 0.717) is 32.1 Å². The summed E-state index contributed by atoms with van der Waals surface area (Å²) in [5.41, 5.74) is -0.125. The van der Waals surface area contributed by atoms with E-state index in [-0.39, 0.29) is 17.4 Å². The van der Waals surface area contributed by atoms with Crippen molar-refractivity contribution < 1.29 is 17.9 Å². The van der Waals surface area contributed by atoms with E-state index in [2.05, 4.69) is 5.32 Å². The van der Waals surface area contributed by atoms with Gasteiger partial charge in [0.05, 0.1) is 36.9 Å². The summed E-state index contributed by atoms with van der Waals surface area (Å²) >= 11 is 0. The third kappa shape index (κ3) is 7.31. The average Bonchev–Trinajstić information content (AvgIpc) is 2.55. The van der Waals surface area contributed by atoms with Gasteiger partial charge in [-0.15, -0.1) is 0 Å². The molecule has 0 aliphatic carbocycles. The molecule has 6 heteroatoms. The predicted octanol–water partition coefficient (Wildman–Crippen LogP) is 0.595. The summed E-state index contributed by atoms with van der Waals surface area (Å²) in [5, 5.41) is 3.20. The van der Waals surface area contributed by atoms with E-state index >= 15 is 0 Å². The highest BCUT2D eigenvalue weighted by Crippen LogP contribution is 2.10. The molecule has 108 valence electrons. The second-order valence-corrected chi connectivity index (χ2v) is 7.86. The first-order valence-electron chi connectivity index (χ1n) is 6.44. The molecule has 1 aliphatic rings. The van der Waals surface area contributed by atoms with Crippen LogP contribution < -0.4 is 5.32 Å². The minimum Gasteiger partial charge on any atom is -0.378 e. The molecule has 1 saturated heterocycles. The Morgan fingerprint density at radius 2 is 1.94 bits per heavy atom. The molecular formula is C12H25NO4S. The van der Waals surface area contributed by atoms with Crippen molar-refractivity contribution in [2.45, 2.75) is 38.8 Å². The van der Waals surface area contributed by atoms with Crippen molar-refractivity contribution in [2.24, 2.45) is 0 Å². The smallest absolute Gasteiger partial charge is 0.151 e. The summed E-state index contributed by atoms with van der Waals surface area (Å²) in [5.74, 6) is 0.574. The van der Waals surface area contributed by atoms with Crippen LogP contribution in [0.15, 0.2) is 0 Å². The molecule has 0 aromatic rings. The van der Waals surface area contributed by atoms with E-state index in [1.54, 1.807) is 0 Å². The SMILES string of the molecule is CC(C)(C)OCCOCCNC1CCS(=O)(=O)C1. The number of ether oxygens (including phenoxy) is 2. The van der Waals surface area contributed by atoms with Crippen LogP contribution in [-0.2, 0) is 19.3 Å². The number of nitrogens with one attached hydrogen (secondary N) is 1. The highest BCUT2D eigenvalue weighted by atomic mass is 32.2. The van der Waals surface area contributed by atoms with Crippen LogP contribution in [0.25, 0.3) is 0 Å². The largest absolute Gasteiger partial charge is 0.378 e. The number of sulfone groups is 1. The molecule has 0 radical (unpaired) electrons. The van der Waals surface area contributed by atoms with Crippen LogP contribution in [0, 0.1) is 0 Å². The van der Waals surface area contributed by atoms with Crippen molar-refractivity contribution >= 4 is 9.84 Å². The number of hydrogen-bond acceptors (Lipinski definition) is 5. The Kier molecular flexibility index (Phi) is 6.04. The molecular weight excluding hydrogens is 254 g/mol. The van der Waals surface area contributed by atoms with Gasteiger partial charge in [0.1, 0.15) is 0 Å². The Hall–Kier alpha value is -0.170. The van der Waals surface area contributed by atoms with Crippen molar-refractivity contribution in [3.05, 3.63) is 0 Å². The van der Waals surface area contributed by atoms with E-state index in [9.17, 15) is 8.42 Å². The minimum atomic E-state index is -2.79. The maximum Gasteiger partial charge on any atom is 0.151 e. The van der Waals surface area contributed by atoms with Gasteiger partial charge in [-0.1, -0.05) is 0 Å². The van der Waals surface area contributed by atoms with Crippen LogP contribution in [0.2, 0.25) is 0 Å². The Labute approximate surface area is 110 Å². The fourth-order valence-electron chi connectivity index (χ4n) is 1.80. The average molecular weight is 279 g/mol. The predicted molar refractivity (Wildman–Crippen MR) is 71.6 cm³/mol. The van der Waals surface area contributed by atoms with Crippen LogP contribution in [0.4, 0.5) is 0 Å². The molecule has 1 unspecified atom stereocenters. The summed E-state index contributed by atoms with van der Waals surface area (Å²) in [6.07, 6.45) is 0.718. The number of rotatable bonds is 7. The zero-order chi connectivity index (χ0) is 13.6. The van der Waals surface area contributed by atoms with Crippen molar-refractivity contribution in [3.8, 4) is 0 Å². The molecule has 1 N–H and O–H groups in total. The molecule has 1 atom stereocenters. The molecule has 0 aromatic carbocycles. The third-order valence-electron chi connectivity index (χ3n) is 2.67. The maximum absolute atomic E-state index is 11.2. The van der Waals surface area contributed by atoms with Crippen LogP contribution in [0.5, 0.6) is 0 Å². The zero-order valence-corrected chi connectivity index (χ0v) is 12.4. The second kappa shape index (κ2) is 6.84. The molecule has 0 saturated carbocycles. The van der Waals surface area contributed by atoms with E-state index in [4.69, 9.17) is 9.47 Å². The van der Waals surface area contributed by atoms with E-state index in [1.165, 1.54) is 0 Å². The summed E-state index contributed by atoms with van der Waals surface area (Å²) < 4.78 is 33.4. The highest BCUT2D eigenvalue weighted by molar-refractivity contribution is 7.91. The lowest BCUT2D eigenvalue weighted by Crippen LogP contribution is -2.33. The molecule has 1 rings (SSSR count). The molecule has 18 heavy (non-hydrogen) atoms. The fraction of sp³-hybridized carbons (Fsp3) is 1.00. The molecule has 0 bridgehead atoms. The summed E-state index contributed by atoms with van der Waals surface area (Å²) in [6, 6.07) is 0.101. The van der Waals surface area contributed by atoms with Gasteiger partial charge >= 0.3 is 0 Å². The molecule has 0 spiro atoms. The van der Waals surface area contributed by atoms with Gasteiger partial charge in [-0.05, 0) is 27.2 Å². The molecule has 0 amide bonds. The Bertz CT molecular complexity index is 334. The Balaban J connectivity index is 1.94. The lowest BCUT2D eigenvalue weighted by Gasteiger charge is -2.19. The van der Waals surface area contributed by atoms with E-state index in [1.807, 2.05) is 20.8 Å². The van der Waals surface area contributed by atoms with Crippen LogP contribution in [0.3, 0.4) is 0 Å². The van der Waals surface area contributed by atoms with Crippen LogP contribution in [0.1, 0.15) is 27.2 Å². The monoisotopic (exact) mass is 279 g/mol.